The van der Waals surface area contributed by atoms with Gasteiger partial charge >= 0.3 is 0 Å². The van der Waals surface area contributed by atoms with Crippen molar-refractivity contribution in [3.05, 3.63) is 24.5 Å². The van der Waals surface area contributed by atoms with E-state index >= 15 is 0 Å². The maximum Gasteiger partial charge on any atom is 0.0964 e. The van der Waals surface area contributed by atoms with Gasteiger partial charge in [-0.2, -0.15) is 0 Å². The third kappa shape index (κ3) is 10.0. The van der Waals surface area contributed by atoms with Gasteiger partial charge in [-0.1, -0.05) is 58.3 Å². The molecule has 0 saturated carbocycles. The zero-order valence-corrected chi connectivity index (χ0v) is 15.4. The first-order chi connectivity index (χ1) is 10.6. The summed E-state index contributed by atoms with van der Waals surface area (Å²) in [4.78, 5) is 0. The molecule has 1 aromatic rings. The van der Waals surface area contributed by atoms with Crippen molar-refractivity contribution >= 4 is 0 Å². The molecule has 128 valence electrons. The van der Waals surface area contributed by atoms with Crippen molar-refractivity contribution < 1.29 is 4.48 Å². The molecule has 0 fully saturated rings. The van der Waals surface area contributed by atoms with Crippen LogP contribution in [0.25, 0.3) is 0 Å². The molecule has 0 saturated heterocycles. The number of quaternary nitrogens is 1. The van der Waals surface area contributed by atoms with Crippen LogP contribution < -0.4 is 0 Å². The van der Waals surface area contributed by atoms with Crippen LogP contribution in [0.15, 0.2) is 24.5 Å². The van der Waals surface area contributed by atoms with Crippen LogP contribution in [0.3, 0.4) is 0 Å². The number of rotatable bonds is 14. The minimum absolute atomic E-state index is 1.14. The Morgan fingerprint density at radius 2 is 1.18 bits per heavy atom. The van der Waals surface area contributed by atoms with Gasteiger partial charge in [0, 0.05) is 12.4 Å². The first-order valence-corrected chi connectivity index (χ1v) is 9.57. The van der Waals surface area contributed by atoms with Gasteiger partial charge in [-0.25, -0.2) is 0 Å². The Morgan fingerprint density at radius 1 is 0.682 bits per heavy atom. The van der Waals surface area contributed by atoms with Crippen LogP contribution in [0.5, 0.6) is 0 Å². The van der Waals surface area contributed by atoms with Gasteiger partial charge in [0.25, 0.3) is 0 Å². The van der Waals surface area contributed by atoms with E-state index in [-0.39, 0.29) is 0 Å². The monoisotopic (exact) mass is 307 g/mol. The molecule has 0 bridgehead atoms. The molecule has 1 aromatic heterocycles. The topological polar surface area (TPSA) is 4.93 Å². The van der Waals surface area contributed by atoms with Crippen molar-refractivity contribution in [1.82, 2.24) is 4.57 Å². The van der Waals surface area contributed by atoms with Gasteiger partial charge < -0.3 is 9.05 Å². The highest BCUT2D eigenvalue weighted by atomic mass is 15.3. The number of hydrogen-bond acceptors (Lipinski definition) is 0. The highest BCUT2D eigenvalue weighted by Gasteiger charge is 2.13. The lowest BCUT2D eigenvalue weighted by Gasteiger charge is -2.30. The van der Waals surface area contributed by atoms with Crippen molar-refractivity contribution in [2.75, 3.05) is 27.2 Å². The van der Waals surface area contributed by atoms with E-state index in [0.29, 0.717) is 0 Å². The van der Waals surface area contributed by atoms with E-state index in [4.69, 9.17) is 0 Å². The Hall–Kier alpha value is -0.760. The first-order valence-electron chi connectivity index (χ1n) is 9.57. The SMILES string of the molecule is CCCCCCCCCCCC[N+](C)(C)CCn1cccc1. The zero-order chi connectivity index (χ0) is 16.1. The third-order valence-corrected chi connectivity index (χ3v) is 4.75. The normalized spacial score (nSPS) is 12.0. The second-order valence-corrected chi connectivity index (χ2v) is 7.49. The van der Waals surface area contributed by atoms with E-state index in [9.17, 15) is 0 Å². The number of likely N-dealkylation sites (N-methyl/N-ethyl adjacent to an activating group) is 1. The zero-order valence-electron chi connectivity index (χ0n) is 15.4. The maximum absolute atomic E-state index is 2.37. The largest absolute Gasteiger partial charge is 0.349 e. The van der Waals surface area contributed by atoms with Crippen LogP contribution >= 0.6 is 0 Å². The molecule has 0 aliphatic rings. The summed E-state index contributed by atoms with van der Waals surface area (Å²) in [6.45, 7) is 5.97. The number of nitrogens with zero attached hydrogens (tertiary/aromatic N) is 2. The van der Waals surface area contributed by atoms with E-state index in [0.717, 1.165) is 11.0 Å². The molecule has 0 aromatic carbocycles. The van der Waals surface area contributed by atoms with Crippen molar-refractivity contribution in [3.63, 3.8) is 0 Å². The van der Waals surface area contributed by atoms with Gasteiger partial charge in [0.1, 0.15) is 0 Å². The van der Waals surface area contributed by atoms with Crippen LogP contribution in [0.1, 0.15) is 71.1 Å². The lowest BCUT2D eigenvalue weighted by atomic mass is 10.1. The van der Waals surface area contributed by atoms with Crippen LogP contribution in [-0.4, -0.2) is 36.2 Å². The molecule has 22 heavy (non-hydrogen) atoms. The van der Waals surface area contributed by atoms with Crippen LogP contribution in [-0.2, 0) is 6.54 Å². The molecule has 1 heterocycles. The fourth-order valence-corrected chi connectivity index (χ4v) is 3.04. The molecule has 0 unspecified atom stereocenters. The van der Waals surface area contributed by atoms with Crippen molar-refractivity contribution in [2.24, 2.45) is 0 Å². The number of unbranched alkanes of at least 4 members (excludes halogenated alkanes) is 9. The van der Waals surface area contributed by atoms with Gasteiger partial charge in [0.05, 0.1) is 33.7 Å². The molecule has 0 radical (unpaired) electrons. The summed E-state index contributed by atoms with van der Waals surface area (Å²) in [5.41, 5.74) is 0. The summed E-state index contributed by atoms with van der Waals surface area (Å²) in [5, 5.41) is 0. The second-order valence-electron chi connectivity index (χ2n) is 7.49. The summed E-state index contributed by atoms with van der Waals surface area (Å²) in [5.74, 6) is 0. The smallest absolute Gasteiger partial charge is 0.0964 e. The average Bonchev–Trinajstić information content (AvgIpc) is 3.01. The minimum Gasteiger partial charge on any atom is -0.349 e. The number of aromatic nitrogens is 1. The fourth-order valence-electron chi connectivity index (χ4n) is 3.04. The third-order valence-electron chi connectivity index (χ3n) is 4.75. The predicted molar refractivity (Wildman–Crippen MR) is 98.1 cm³/mol. The highest BCUT2D eigenvalue weighted by Crippen LogP contribution is 2.11. The molecule has 0 aliphatic carbocycles. The summed E-state index contributed by atoms with van der Waals surface area (Å²) in [6, 6.07) is 4.23. The molecular weight excluding hydrogens is 268 g/mol. The molecule has 0 aliphatic heterocycles. The Labute approximate surface area is 139 Å². The summed E-state index contributed by atoms with van der Waals surface area (Å²) in [6.07, 6.45) is 18.6. The Morgan fingerprint density at radius 3 is 1.73 bits per heavy atom. The van der Waals surface area contributed by atoms with Crippen molar-refractivity contribution in [3.8, 4) is 0 Å². The Balaban J connectivity index is 1.92. The van der Waals surface area contributed by atoms with Crippen molar-refractivity contribution in [1.29, 1.82) is 0 Å². The lowest BCUT2D eigenvalue weighted by Crippen LogP contribution is -2.42. The van der Waals surface area contributed by atoms with Crippen molar-refractivity contribution in [2.45, 2.75) is 77.7 Å². The van der Waals surface area contributed by atoms with E-state index in [2.05, 4.69) is 50.1 Å². The van der Waals surface area contributed by atoms with Gasteiger partial charge in [-0.3, -0.25) is 0 Å². The number of hydrogen-bond donors (Lipinski definition) is 0. The summed E-state index contributed by atoms with van der Waals surface area (Å²) < 4.78 is 3.44. The van der Waals surface area contributed by atoms with E-state index in [1.165, 1.54) is 77.3 Å². The van der Waals surface area contributed by atoms with Gasteiger partial charge in [0.15, 0.2) is 0 Å². The molecule has 0 N–H and O–H groups in total. The van der Waals surface area contributed by atoms with Gasteiger partial charge in [-0.15, -0.1) is 0 Å². The van der Waals surface area contributed by atoms with Gasteiger partial charge in [0.2, 0.25) is 0 Å². The summed E-state index contributed by atoms with van der Waals surface area (Å²) >= 11 is 0. The quantitative estimate of drug-likeness (QED) is 0.316. The fraction of sp³-hybridized carbons (Fsp3) is 0.800. The summed E-state index contributed by atoms with van der Waals surface area (Å²) in [7, 11) is 4.74. The van der Waals surface area contributed by atoms with E-state index in [1.807, 2.05) is 0 Å². The standard InChI is InChI=1S/C20H39N2/c1-4-5-6-7-8-9-10-11-12-15-19-22(2,3)20-18-21-16-13-14-17-21/h13-14,16-17H,4-12,15,18-20H2,1-3H3/q+1. The molecule has 0 atom stereocenters. The molecule has 1 rings (SSSR count). The average molecular weight is 308 g/mol. The van der Waals surface area contributed by atoms with E-state index < -0.39 is 0 Å². The minimum atomic E-state index is 1.14. The maximum atomic E-state index is 2.37. The van der Waals surface area contributed by atoms with Crippen LogP contribution in [0.2, 0.25) is 0 Å². The molecule has 0 spiro atoms. The first kappa shape index (κ1) is 19.3. The van der Waals surface area contributed by atoms with Crippen LogP contribution in [0, 0.1) is 0 Å². The molecule has 2 nitrogen and oxygen atoms in total. The Bertz CT molecular complexity index is 341. The van der Waals surface area contributed by atoms with Gasteiger partial charge in [-0.05, 0) is 25.0 Å². The molecular formula is C20H39N2+. The van der Waals surface area contributed by atoms with Crippen LogP contribution in [0.4, 0.5) is 0 Å². The second kappa shape index (κ2) is 11.8. The Kier molecular flexibility index (Phi) is 10.3. The van der Waals surface area contributed by atoms with E-state index in [1.54, 1.807) is 0 Å². The lowest BCUT2D eigenvalue weighted by molar-refractivity contribution is -0.891. The predicted octanol–water partition coefficient (Wildman–Crippen LogP) is 5.49. The molecule has 2 heteroatoms. The molecule has 0 amide bonds. The highest BCUT2D eigenvalue weighted by molar-refractivity contribution is 4.89.